The summed E-state index contributed by atoms with van der Waals surface area (Å²) in [5.74, 6) is 0. The summed E-state index contributed by atoms with van der Waals surface area (Å²) >= 11 is 0. The molecule has 0 spiro atoms. The number of aryl methyl sites for hydroxylation is 1. The highest BCUT2D eigenvalue weighted by atomic mass is 14.7. The predicted octanol–water partition coefficient (Wildman–Crippen LogP) is 3.61. The van der Waals surface area contributed by atoms with Crippen molar-refractivity contribution in [1.29, 1.82) is 0 Å². The van der Waals surface area contributed by atoms with Gasteiger partial charge < -0.3 is 0 Å². The van der Waals surface area contributed by atoms with Gasteiger partial charge in [-0.3, -0.25) is 9.97 Å². The molecule has 0 aliphatic carbocycles. The van der Waals surface area contributed by atoms with Crippen LogP contribution in [-0.4, -0.2) is 9.97 Å². The van der Waals surface area contributed by atoms with Gasteiger partial charge in [-0.2, -0.15) is 0 Å². The van der Waals surface area contributed by atoms with Gasteiger partial charge in [-0.25, -0.2) is 0 Å². The van der Waals surface area contributed by atoms with Gasteiger partial charge in [0.05, 0.1) is 11.2 Å². The van der Waals surface area contributed by atoms with Crippen molar-refractivity contribution in [2.45, 2.75) is 6.92 Å². The van der Waals surface area contributed by atoms with E-state index >= 15 is 0 Å². The highest BCUT2D eigenvalue weighted by molar-refractivity contribution is 5.92. The number of hydrogen-bond donors (Lipinski definition) is 0. The Balaban J connectivity index is 2.27. The Bertz CT molecular complexity index is 652. The number of aromatic nitrogens is 2. The molecule has 1 aromatic carbocycles. The summed E-state index contributed by atoms with van der Waals surface area (Å²) in [7, 11) is 0. The van der Waals surface area contributed by atoms with Crippen LogP contribution in [-0.2, 0) is 0 Å². The minimum Gasteiger partial charge on any atom is -0.256 e. The second-order valence-electron chi connectivity index (χ2n) is 4.10. The van der Waals surface area contributed by atoms with Gasteiger partial charge in [-0.1, -0.05) is 30.3 Å². The summed E-state index contributed by atoms with van der Waals surface area (Å²) in [6, 6.07) is 14.3. The summed E-state index contributed by atoms with van der Waals surface area (Å²) in [6.45, 7) is 2.04. The second kappa shape index (κ2) is 3.98. The van der Waals surface area contributed by atoms with Crippen LogP contribution < -0.4 is 0 Å². The van der Waals surface area contributed by atoms with Gasteiger partial charge in [0.2, 0.25) is 0 Å². The Morgan fingerprint density at radius 1 is 0.882 bits per heavy atom. The molecule has 2 heteroatoms. The summed E-state index contributed by atoms with van der Waals surface area (Å²) in [4.78, 5) is 8.90. The molecule has 2 aromatic heterocycles. The lowest BCUT2D eigenvalue weighted by Crippen LogP contribution is -1.87. The maximum Gasteiger partial charge on any atom is 0.0795 e. The summed E-state index contributed by atoms with van der Waals surface area (Å²) in [5.41, 5.74) is 4.23. The smallest absolute Gasteiger partial charge is 0.0795 e. The Morgan fingerprint density at radius 3 is 2.59 bits per heavy atom. The highest BCUT2D eigenvalue weighted by Crippen LogP contribution is 2.25. The number of benzene rings is 1. The van der Waals surface area contributed by atoms with E-state index in [4.69, 9.17) is 0 Å². The fourth-order valence-corrected chi connectivity index (χ4v) is 1.94. The average Bonchev–Trinajstić information content (AvgIpc) is 2.39. The van der Waals surface area contributed by atoms with Gasteiger partial charge in [0.1, 0.15) is 0 Å². The minimum absolute atomic E-state index is 0.972. The molecule has 3 aromatic rings. The zero-order valence-electron chi connectivity index (χ0n) is 9.59. The van der Waals surface area contributed by atoms with Crippen molar-refractivity contribution >= 4 is 10.9 Å². The molecule has 0 saturated heterocycles. The normalized spacial score (nSPS) is 10.6. The first-order valence-corrected chi connectivity index (χ1v) is 5.61. The van der Waals surface area contributed by atoms with Crippen molar-refractivity contribution in [2.24, 2.45) is 0 Å². The van der Waals surface area contributed by atoms with Crippen LogP contribution in [0.4, 0.5) is 0 Å². The van der Waals surface area contributed by atoms with Crippen molar-refractivity contribution in [3.05, 3.63) is 60.4 Å². The molecule has 3 rings (SSSR count). The standard InChI is InChI=1S/C15H12N2/c1-11-7-8-14(17-10-11)13-6-2-4-12-5-3-9-16-15(12)13/h2-10H,1H3. The SMILES string of the molecule is Cc1ccc(-c2cccc3cccnc23)nc1. The third-order valence-electron chi connectivity index (χ3n) is 2.82. The first kappa shape index (κ1) is 9.97. The lowest BCUT2D eigenvalue weighted by atomic mass is 10.1. The fraction of sp³-hybridized carbons (Fsp3) is 0.0667. The van der Waals surface area contributed by atoms with E-state index in [-0.39, 0.29) is 0 Å². The zero-order chi connectivity index (χ0) is 11.7. The molecule has 0 N–H and O–H groups in total. The first-order chi connectivity index (χ1) is 8.34. The molecule has 82 valence electrons. The van der Waals surface area contributed by atoms with E-state index < -0.39 is 0 Å². The van der Waals surface area contributed by atoms with Crippen LogP contribution in [0.25, 0.3) is 22.2 Å². The van der Waals surface area contributed by atoms with Crippen LogP contribution in [0.2, 0.25) is 0 Å². The number of pyridine rings is 2. The van der Waals surface area contributed by atoms with E-state index in [9.17, 15) is 0 Å². The van der Waals surface area contributed by atoms with E-state index in [0.29, 0.717) is 0 Å². The van der Waals surface area contributed by atoms with Crippen LogP contribution in [0.3, 0.4) is 0 Å². The molecule has 0 atom stereocenters. The quantitative estimate of drug-likeness (QED) is 0.626. The fourth-order valence-electron chi connectivity index (χ4n) is 1.94. The van der Waals surface area contributed by atoms with Crippen LogP contribution in [0.5, 0.6) is 0 Å². The molecule has 0 unspecified atom stereocenters. The lowest BCUT2D eigenvalue weighted by Gasteiger charge is -2.05. The molecule has 0 bridgehead atoms. The summed E-state index contributed by atoms with van der Waals surface area (Å²) < 4.78 is 0. The van der Waals surface area contributed by atoms with Gasteiger partial charge in [0.25, 0.3) is 0 Å². The Labute approximate surface area is 100.0 Å². The van der Waals surface area contributed by atoms with E-state index in [1.165, 1.54) is 5.56 Å². The Morgan fingerprint density at radius 2 is 1.76 bits per heavy atom. The highest BCUT2D eigenvalue weighted by Gasteiger charge is 2.04. The zero-order valence-corrected chi connectivity index (χ0v) is 9.59. The molecular formula is C15H12N2. The second-order valence-corrected chi connectivity index (χ2v) is 4.10. The van der Waals surface area contributed by atoms with Crippen molar-refractivity contribution < 1.29 is 0 Å². The predicted molar refractivity (Wildman–Crippen MR) is 69.7 cm³/mol. The van der Waals surface area contributed by atoms with E-state index in [2.05, 4.69) is 34.2 Å². The molecule has 0 aliphatic rings. The van der Waals surface area contributed by atoms with Gasteiger partial charge in [-0.05, 0) is 24.6 Å². The molecular weight excluding hydrogens is 208 g/mol. The van der Waals surface area contributed by atoms with E-state index in [0.717, 1.165) is 22.2 Å². The maximum absolute atomic E-state index is 4.46. The van der Waals surface area contributed by atoms with Crippen LogP contribution in [0.1, 0.15) is 5.56 Å². The van der Waals surface area contributed by atoms with Crippen LogP contribution >= 0.6 is 0 Å². The van der Waals surface area contributed by atoms with Crippen LogP contribution in [0, 0.1) is 6.92 Å². The number of rotatable bonds is 1. The van der Waals surface area contributed by atoms with Gasteiger partial charge in [-0.15, -0.1) is 0 Å². The summed E-state index contributed by atoms with van der Waals surface area (Å²) in [5, 5.41) is 1.15. The van der Waals surface area contributed by atoms with Crippen molar-refractivity contribution in [3.8, 4) is 11.3 Å². The third-order valence-corrected chi connectivity index (χ3v) is 2.82. The molecule has 2 heterocycles. The number of hydrogen-bond acceptors (Lipinski definition) is 2. The molecule has 0 amide bonds. The Kier molecular flexibility index (Phi) is 2.33. The van der Waals surface area contributed by atoms with Crippen molar-refractivity contribution in [1.82, 2.24) is 9.97 Å². The topological polar surface area (TPSA) is 25.8 Å². The average molecular weight is 220 g/mol. The number of nitrogens with zero attached hydrogens (tertiary/aromatic N) is 2. The van der Waals surface area contributed by atoms with Crippen molar-refractivity contribution in [2.75, 3.05) is 0 Å². The molecule has 17 heavy (non-hydrogen) atoms. The molecule has 0 aliphatic heterocycles. The number of fused-ring (bicyclic) bond motifs is 1. The summed E-state index contributed by atoms with van der Waals surface area (Å²) in [6.07, 6.45) is 3.71. The third kappa shape index (κ3) is 1.78. The first-order valence-electron chi connectivity index (χ1n) is 5.61. The number of para-hydroxylation sites is 1. The largest absolute Gasteiger partial charge is 0.256 e. The lowest BCUT2D eigenvalue weighted by molar-refractivity contribution is 1.27. The van der Waals surface area contributed by atoms with E-state index in [1.807, 2.05) is 37.5 Å². The molecule has 0 radical (unpaired) electrons. The van der Waals surface area contributed by atoms with Gasteiger partial charge in [0.15, 0.2) is 0 Å². The van der Waals surface area contributed by atoms with Crippen molar-refractivity contribution in [3.63, 3.8) is 0 Å². The van der Waals surface area contributed by atoms with E-state index in [1.54, 1.807) is 0 Å². The molecule has 0 saturated carbocycles. The minimum atomic E-state index is 0.972. The molecule has 0 fully saturated rings. The van der Waals surface area contributed by atoms with Gasteiger partial charge in [0, 0.05) is 23.3 Å². The Hall–Kier alpha value is -2.22. The maximum atomic E-state index is 4.46. The monoisotopic (exact) mass is 220 g/mol. The van der Waals surface area contributed by atoms with Crippen LogP contribution in [0.15, 0.2) is 54.9 Å². The van der Waals surface area contributed by atoms with Gasteiger partial charge >= 0.3 is 0 Å². The molecule has 2 nitrogen and oxygen atoms in total.